The van der Waals surface area contributed by atoms with Crippen LogP contribution in [0.15, 0.2) is 29.2 Å². The van der Waals surface area contributed by atoms with Crippen molar-refractivity contribution in [3.05, 3.63) is 57.4 Å². The fraction of sp³-hybridized carbons (Fsp3) is 0.312. The van der Waals surface area contributed by atoms with Gasteiger partial charge in [-0.05, 0) is 42.5 Å². The molecule has 1 aliphatic rings. The van der Waals surface area contributed by atoms with Crippen LogP contribution in [0.2, 0.25) is 0 Å². The molecule has 6 heteroatoms. The molecule has 0 radical (unpaired) electrons. The van der Waals surface area contributed by atoms with Gasteiger partial charge in [0.15, 0.2) is 0 Å². The lowest BCUT2D eigenvalue weighted by Gasteiger charge is -2.12. The van der Waals surface area contributed by atoms with E-state index in [0.717, 1.165) is 30.3 Å². The number of nitrogens with one attached hydrogen (secondary N) is 1. The van der Waals surface area contributed by atoms with E-state index in [1.165, 1.54) is 12.1 Å². The first-order valence-electron chi connectivity index (χ1n) is 7.13. The van der Waals surface area contributed by atoms with Gasteiger partial charge in [0.05, 0.1) is 6.20 Å². The fourth-order valence-corrected chi connectivity index (χ4v) is 2.84. The molecular weight excluding hydrogens is 285 g/mol. The fourth-order valence-electron chi connectivity index (χ4n) is 2.84. The summed E-state index contributed by atoms with van der Waals surface area (Å²) in [5.41, 5.74) is 1.79. The van der Waals surface area contributed by atoms with Gasteiger partial charge in [-0.15, -0.1) is 0 Å². The number of pyridine rings is 2. The molecule has 0 bridgehead atoms. The van der Waals surface area contributed by atoms with Gasteiger partial charge in [-0.25, -0.2) is 9.37 Å². The summed E-state index contributed by atoms with van der Waals surface area (Å²) in [5.74, 6) is -0.471. The zero-order valence-corrected chi connectivity index (χ0v) is 12.4. The summed E-state index contributed by atoms with van der Waals surface area (Å²) in [6.07, 6.45) is 2.84. The number of hydrogen-bond acceptors (Lipinski definition) is 3. The Kier molecular flexibility index (Phi) is 3.52. The molecule has 5 nitrogen and oxygen atoms in total. The lowest BCUT2D eigenvalue weighted by atomic mass is 10.0. The summed E-state index contributed by atoms with van der Waals surface area (Å²) in [6, 6.07) is 4.23. The molecule has 0 aliphatic heterocycles. The first kappa shape index (κ1) is 14.4. The monoisotopic (exact) mass is 301 g/mol. The van der Waals surface area contributed by atoms with Gasteiger partial charge >= 0.3 is 0 Å². The highest BCUT2D eigenvalue weighted by Crippen LogP contribution is 2.31. The number of anilines is 1. The van der Waals surface area contributed by atoms with Crippen molar-refractivity contribution in [2.45, 2.75) is 25.7 Å². The lowest BCUT2D eigenvalue weighted by Crippen LogP contribution is -2.30. The third-order valence-corrected chi connectivity index (χ3v) is 4.13. The molecule has 0 spiro atoms. The minimum absolute atomic E-state index is 0.0844. The minimum atomic E-state index is -0.526. The third-order valence-electron chi connectivity index (χ3n) is 4.13. The lowest BCUT2D eigenvalue weighted by molar-refractivity contribution is 0.102. The Labute approximate surface area is 126 Å². The number of nitrogens with zero attached hydrogens (tertiary/aromatic N) is 2. The number of hydrogen-bond donors (Lipinski definition) is 1. The Morgan fingerprint density at radius 3 is 2.91 bits per heavy atom. The SMILES string of the molecule is C[C@@H]1CCc2c1cc(C(=O)Nc1ccc(F)cn1)c(=O)n2C. The molecule has 0 saturated heterocycles. The molecular formula is C16H16FN3O2. The summed E-state index contributed by atoms with van der Waals surface area (Å²) in [5, 5.41) is 2.53. The molecule has 22 heavy (non-hydrogen) atoms. The molecule has 2 heterocycles. The number of halogens is 1. The Bertz CT molecular complexity index is 796. The van der Waals surface area contributed by atoms with Crippen LogP contribution in [0.3, 0.4) is 0 Å². The summed E-state index contributed by atoms with van der Waals surface area (Å²) in [7, 11) is 1.69. The molecule has 3 rings (SSSR count). The molecule has 0 unspecified atom stereocenters. The largest absolute Gasteiger partial charge is 0.315 e. The molecule has 2 aromatic heterocycles. The van der Waals surface area contributed by atoms with Crippen LogP contribution in [0.5, 0.6) is 0 Å². The Hall–Kier alpha value is -2.50. The van der Waals surface area contributed by atoms with Gasteiger partial charge in [0, 0.05) is 12.7 Å². The van der Waals surface area contributed by atoms with Crippen LogP contribution >= 0.6 is 0 Å². The Balaban J connectivity index is 1.96. The molecule has 2 aromatic rings. The standard InChI is InChI=1S/C16H16FN3O2/c1-9-3-5-13-11(9)7-12(16(22)20(13)2)15(21)19-14-6-4-10(17)8-18-14/h4,6-9H,3,5H2,1-2H3,(H,18,19,21)/t9-/m1/s1. The van der Waals surface area contributed by atoms with E-state index >= 15 is 0 Å². The van der Waals surface area contributed by atoms with Gasteiger partial charge < -0.3 is 9.88 Å². The number of rotatable bonds is 2. The quantitative estimate of drug-likeness (QED) is 0.925. The van der Waals surface area contributed by atoms with Crippen LogP contribution in [-0.2, 0) is 13.5 Å². The van der Waals surface area contributed by atoms with E-state index in [1.807, 2.05) is 0 Å². The van der Waals surface area contributed by atoms with E-state index in [-0.39, 0.29) is 16.9 Å². The third kappa shape index (κ3) is 2.41. The highest BCUT2D eigenvalue weighted by atomic mass is 19.1. The number of fused-ring (bicyclic) bond motifs is 1. The molecule has 1 amide bonds. The highest BCUT2D eigenvalue weighted by Gasteiger charge is 2.25. The molecule has 1 atom stereocenters. The van der Waals surface area contributed by atoms with Gasteiger partial charge in [-0.2, -0.15) is 0 Å². The summed E-state index contributed by atoms with van der Waals surface area (Å²) in [6.45, 7) is 2.08. The van der Waals surface area contributed by atoms with Gasteiger partial charge in [0.2, 0.25) is 0 Å². The number of aromatic nitrogens is 2. The van der Waals surface area contributed by atoms with Crippen LogP contribution in [0, 0.1) is 5.82 Å². The molecule has 1 N–H and O–H groups in total. The summed E-state index contributed by atoms with van der Waals surface area (Å²) >= 11 is 0. The second kappa shape index (κ2) is 5.36. The van der Waals surface area contributed by atoms with E-state index in [9.17, 15) is 14.0 Å². The molecule has 0 fully saturated rings. The van der Waals surface area contributed by atoms with Gasteiger partial charge in [0.25, 0.3) is 11.5 Å². The van der Waals surface area contributed by atoms with Crippen molar-refractivity contribution in [3.8, 4) is 0 Å². The normalized spacial score (nSPS) is 16.4. The maximum Gasteiger partial charge on any atom is 0.263 e. The van der Waals surface area contributed by atoms with Gasteiger partial charge in [-0.3, -0.25) is 9.59 Å². The van der Waals surface area contributed by atoms with E-state index in [0.29, 0.717) is 5.92 Å². The number of carbonyl (C=O) groups is 1. The zero-order valence-electron chi connectivity index (χ0n) is 12.4. The number of carbonyl (C=O) groups excluding carboxylic acids is 1. The summed E-state index contributed by atoms with van der Waals surface area (Å²) < 4.78 is 14.4. The predicted octanol–water partition coefficient (Wildman–Crippen LogP) is 2.22. The van der Waals surface area contributed by atoms with Gasteiger partial charge in [-0.1, -0.05) is 6.92 Å². The topological polar surface area (TPSA) is 64.0 Å². The van der Waals surface area contributed by atoms with Crippen LogP contribution in [0.4, 0.5) is 10.2 Å². The second-order valence-electron chi connectivity index (χ2n) is 5.58. The van der Waals surface area contributed by atoms with Crippen molar-refractivity contribution in [2.24, 2.45) is 7.05 Å². The zero-order chi connectivity index (χ0) is 15.9. The summed E-state index contributed by atoms with van der Waals surface area (Å²) in [4.78, 5) is 28.4. The van der Waals surface area contributed by atoms with Crippen LogP contribution in [-0.4, -0.2) is 15.5 Å². The molecule has 0 aromatic carbocycles. The average Bonchev–Trinajstić information content (AvgIpc) is 2.86. The highest BCUT2D eigenvalue weighted by molar-refractivity contribution is 6.03. The molecule has 0 saturated carbocycles. The van der Waals surface area contributed by atoms with E-state index in [1.54, 1.807) is 17.7 Å². The maximum atomic E-state index is 12.8. The average molecular weight is 301 g/mol. The Morgan fingerprint density at radius 1 is 1.45 bits per heavy atom. The van der Waals surface area contributed by atoms with E-state index in [2.05, 4.69) is 17.2 Å². The maximum absolute atomic E-state index is 12.8. The van der Waals surface area contributed by atoms with Crippen molar-refractivity contribution < 1.29 is 9.18 Å². The molecule has 114 valence electrons. The molecule has 1 aliphatic carbocycles. The second-order valence-corrected chi connectivity index (χ2v) is 5.58. The first-order chi connectivity index (χ1) is 10.5. The van der Waals surface area contributed by atoms with Crippen molar-refractivity contribution in [1.29, 1.82) is 0 Å². The van der Waals surface area contributed by atoms with Crippen LogP contribution < -0.4 is 10.9 Å². The van der Waals surface area contributed by atoms with Crippen molar-refractivity contribution in [1.82, 2.24) is 9.55 Å². The van der Waals surface area contributed by atoms with Crippen LogP contribution in [0.1, 0.15) is 40.9 Å². The smallest absolute Gasteiger partial charge is 0.263 e. The van der Waals surface area contributed by atoms with E-state index < -0.39 is 11.7 Å². The van der Waals surface area contributed by atoms with E-state index in [4.69, 9.17) is 0 Å². The Morgan fingerprint density at radius 2 is 2.23 bits per heavy atom. The predicted molar refractivity (Wildman–Crippen MR) is 80.6 cm³/mol. The van der Waals surface area contributed by atoms with Crippen LogP contribution in [0.25, 0.3) is 0 Å². The first-order valence-corrected chi connectivity index (χ1v) is 7.13. The minimum Gasteiger partial charge on any atom is -0.315 e. The van der Waals surface area contributed by atoms with Gasteiger partial charge in [0.1, 0.15) is 17.2 Å². The van der Waals surface area contributed by atoms with Crippen molar-refractivity contribution in [3.63, 3.8) is 0 Å². The van der Waals surface area contributed by atoms with Crippen molar-refractivity contribution >= 4 is 11.7 Å². The number of amides is 1. The van der Waals surface area contributed by atoms with Crippen molar-refractivity contribution in [2.75, 3.05) is 5.32 Å².